The second-order valence-electron chi connectivity index (χ2n) is 16.8. The second-order valence-corrected chi connectivity index (χ2v) is 22.2. The molecule has 11 N–H and O–H groups in total. The Morgan fingerprint density at radius 2 is 1.50 bits per heavy atom. The number of nitrogens with two attached hydrogens (primary N) is 1. The molecule has 0 aromatic carbocycles. The first kappa shape index (κ1) is 62.5. The molecule has 1 aliphatic heterocycles. The summed E-state index contributed by atoms with van der Waals surface area (Å²) < 4.78 is 62.4. The maximum Gasteiger partial charge on any atom is 0.481 e. The lowest BCUT2D eigenvalue weighted by Crippen LogP contribution is -2.46. The maximum atomic E-state index is 12.8. The highest BCUT2D eigenvalue weighted by Crippen LogP contribution is 2.61. The normalized spacial score (nSPS) is 20.5. The van der Waals surface area contributed by atoms with Gasteiger partial charge in [0.05, 0.1) is 25.6 Å². The van der Waals surface area contributed by atoms with Gasteiger partial charge < -0.3 is 56.0 Å². The number of aromatic nitrogens is 4. The molecule has 404 valence electrons. The highest BCUT2D eigenvalue weighted by Gasteiger charge is 2.50. The highest BCUT2D eigenvalue weighted by molar-refractivity contribution is 8.13. The van der Waals surface area contributed by atoms with Crippen LogP contribution < -0.4 is 16.4 Å². The van der Waals surface area contributed by atoms with Crippen LogP contribution in [-0.4, -0.2) is 134 Å². The van der Waals surface area contributed by atoms with Gasteiger partial charge in [0.15, 0.2) is 22.8 Å². The monoisotopic (exact) mass is 1100 g/mol. The fraction of sp³-hybridized carbons (Fsp3) is 0.581. The van der Waals surface area contributed by atoms with E-state index in [0.717, 1.165) is 73.9 Å². The van der Waals surface area contributed by atoms with Crippen molar-refractivity contribution in [3.8, 4) is 0 Å². The molecule has 1 aliphatic rings. The molecule has 8 atom stereocenters. The maximum absolute atomic E-state index is 12.8. The van der Waals surface area contributed by atoms with E-state index in [1.165, 1.54) is 13.8 Å². The summed E-state index contributed by atoms with van der Waals surface area (Å²) in [6.45, 7) is 2.46. The third-order valence-corrected chi connectivity index (χ3v) is 14.2. The Hall–Kier alpha value is -3.78. The molecular weight excluding hydrogens is 1030 g/mol. The summed E-state index contributed by atoms with van der Waals surface area (Å²) in [5, 5.41) is 36.6. The average molecular weight is 1100 g/mol. The van der Waals surface area contributed by atoms with Crippen LogP contribution in [0.1, 0.15) is 91.2 Å². The highest BCUT2D eigenvalue weighted by atomic mass is 32.2. The van der Waals surface area contributed by atoms with E-state index in [1.54, 1.807) is 0 Å². The Bertz CT molecular complexity index is 2340. The number of carbonyl (C=O) groups excluding carboxylic acids is 3. The summed E-state index contributed by atoms with van der Waals surface area (Å²) in [5.74, 6) is -1.27. The third-order valence-electron chi connectivity index (χ3n) is 10.2. The van der Waals surface area contributed by atoms with Crippen LogP contribution in [0.25, 0.3) is 11.2 Å². The zero-order chi connectivity index (χ0) is 53.4. The first-order valence-corrected chi connectivity index (χ1v) is 28.4. The van der Waals surface area contributed by atoms with Crippen molar-refractivity contribution in [2.75, 3.05) is 37.8 Å². The number of anilines is 1. The quantitative estimate of drug-likeness (QED) is 0.0265. The first-order valence-electron chi connectivity index (χ1n) is 22.9. The minimum atomic E-state index is -5.59. The van der Waals surface area contributed by atoms with Gasteiger partial charge in [-0.25, -0.2) is 28.6 Å². The molecule has 0 spiro atoms. The zero-order valence-corrected chi connectivity index (χ0v) is 43.7. The lowest BCUT2D eigenvalue weighted by Gasteiger charge is -2.30. The van der Waals surface area contributed by atoms with E-state index in [9.17, 15) is 63.0 Å². The number of nitrogens with one attached hydrogen (secondary N) is 2. The number of aliphatic hydroxyl groups is 3. The number of ether oxygens (including phenoxy) is 1. The van der Waals surface area contributed by atoms with Crippen molar-refractivity contribution in [3.63, 3.8) is 0 Å². The Labute approximate surface area is 421 Å². The molecule has 1 fully saturated rings. The molecule has 0 saturated carbocycles. The lowest BCUT2D eigenvalue weighted by molar-refractivity contribution is -0.137. The van der Waals surface area contributed by atoms with E-state index in [4.69, 9.17) is 19.5 Å². The minimum Gasteiger partial charge on any atom is -0.393 e. The van der Waals surface area contributed by atoms with Crippen LogP contribution in [0.5, 0.6) is 0 Å². The summed E-state index contributed by atoms with van der Waals surface area (Å²) in [6.07, 6.45) is 20.1. The van der Waals surface area contributed by atoms with Crippen LogP contribution in [-0.2, 0) is 50.7 Å². The van der Waals surface area contributed by atoms with Crippen LogP contribution in [0.15, 0.2) is 73.4 Å². The van der Waals surface area contributed by atoms with Gasteiger partial charge in [0.25, 0.3) is 0 Å². The fourth-order valence-corrected chi connectivity index (χ4v) is 10.1. The van der Waals surface area contributed by atoms with Crippen LogP contribution in [0, 0.1) is 5.41 Å². The molecule has 2 aromatic heterocycles. The van der Waals surface area contributed by atoms with Gasteiger partial charge in [-0.15, -0.1) is 0 Å². The van der Waals surface area contributed by atoms with Crippen molar-refractivity contribution in [2.24, 2.45) is 5.41 Å². The predicted molar refractivity (Wildman–Crippen MR) is 266 cm³/mol. The largest absolute Gasteiger partial charge is 0.481 e. The van der Waals surface area contributed by atoms with Gasteiger partial charge in [-0.1, -0.05) is 93.3 Å². The van der Waals surface area contributed by atoms with Gasteiger partial charge in [0.1, 0.15) is 36.3 Å². The average Bonchev–Trinajstić information content (AvgIpc) is 3.86. The number of carbonyl (C=O) groups is 3. The number of phosphoric acid groups is 3. The Morgan fingerprint density at radius 3 is 2.12 bits per heavy atom. The molecule has 0 bridgehead atoms. The third kappa shape index (κ3) is 23.6. The van der Waals surface area contributed by atoms with Crippen molar-refractivity contribution < 1.29 is 85.6 Å². The van der Waals surface area contributed by atoms with Crippen LogP contribution in [0.2, 0.25) is 0 Å². The molecule has 0 aliphatic carbocycles. The first-order chi connectivity index (χ1) is 33.9. The molecular formula is C43H68N7O18P3S. The number of unbranched alkanes of at least 4 members (excludes halogenated alkanes) is 1. The number of nitrogen functional groups attached to an aromatic ring is 1. The van der Waals surface area contributed by atoms with Gasteiger partial charge in [-0.3, -0.25) is 32.5 Å². The van der Waals surface area contributed by atoms with E-state index < -0.39 is 90.7 Å². The van der Waals surface area contributed by atoms with Crippen LogP contribution in [0.3, 0.4) is 0 Å². The van der Waals surface area contributed by atoms with Crippen molar-refractivity contribution in [2.45, 2.75) is 122 Å². The lowest BCUT2D eigenvalue weighted by atomic mass is 9.87. The summed E-state index contributed by atoms with van der Waals surface area (Å²) in [5.41, 5.74) is 4.24. The van der Waals surface area contributed by atoms with Crippen molar-refractivity contribution in [1.29, 1.82) is 0 Å². The molecule has 3 heterocycles. The number of imidazole rings is 1. The minimum absolute atomic E-state index is 0.0217. The van der Waals surface area contributed by atoms with Crippen LogP contribution in [0.4, 0.5) is 5.82 Å². The number of phosphoric ester groups is 3. The van der Waals surface area contributed by atoms with Crippen LogP contribution >= 0.6 is 35.2 Å². The second kappa shape index (κ2) is 31.2. The molecule has 25 nitrogen and oxygen atoms in total. The van der Waals surface area contributed by atoms with E-state index in [1.807, 2.05) is 0 Å². The molecule has 0 radical (unpaired) electrons. The summed E-state index contributed by atoms with van der Waals surface area (Å²) in [6, 6.07) is 0. The van der Waals surface area contributed by atoms with Crippen molar-refractivity contribution in [1.82, 2.24) is 30.2 Å². The summed E-state index contributed by atoms with van der Waals surface area (Å²) in [7, 11) is -16.5. The Balaban J connectivity index is 1.29. The van der Waals surface area contributed by atoms with E-state index >= 15 is 0 Å². The number of fused-ring (bicyclic) bond motifs is 1. The molecule has 72 heavy (non-hydrogen) atoms. The SMILES string of the molecule is CCC=CCC=CCC=CCC=CCC=CCCCC(O)CC(=O)SCCNC(=O)CCNC(=O)C(O)C(C)(C)COP(=O)(O)OP(=O)(O)OCC1OC(n2cnc3c(N)ncnc32)C(O)C1OP(=O)(O)O. The van der Waals surface area contributed by atoms with E-state index in [2.05, 4.69) is 102 Å². The fourth-order valence-electron chi connectivity index (χ4n) is 6.49. The van der Waals surface area contributed by atoms with Gasteiger partial charge >= 0.3 is 23.5 Å². The van der Waals surface area contributed by atoms with Gasteiger partial charge in [-0.05, 0) is 51.4 Å². The molecule has 3 rings (SSSR count). The summed E-state index contributed by atoms with van der Waals surface area (Å²) >= 11 is 0.972. The number of allylic oxidation sites excluding steroid dienone is 10. The number of aliphatic hydroxyl groups excluding tert-OH is 3. The van der Waals surface area contributed by atoms with Crippen molar-refractivity contribution in [3.05, 3.63) is 73.4 Å². The zero-order valence-electron chi connectivity index (χ0n) is 40.2. The number of nitrogens with zero attached hydrogens (tertiary/aromatic N) is 4. The molecule has 2 aromatic rings. The van der Waals surface area contributed by atoms with Gasteiger partial charge in [-0.2, -0.15) is 4.31 Å². The Morgan fingerprint density at radius 1 is 0.889 bits per heavy atom. The molecule has 29 heteroatoms. The van der Waals surface area contributed by atoms with Gasteiger partial charge in [0, 0.05) is 37.1 Å². The van der Waals surface area contributed by atoms with E-state index in [-0.39, 0.29) is 53.8 Å². The molecule has 8 unspecified atom stereocenters. The number of rotatable bonds is 34. The topological polar surface area (TPSA) is 384 Å². The molecule has 2 amide bonds. The van der Waals surface area contributed by atoms with Crippen molar-refractivity contribution >= 4 is 69.1 Å². The Kier molecular flexibility index (Phi) is 27.1. The van der Waals surface area contributed by atoms with E-state index in [0.29, 0.717) is 6.42 Å². The molecule has 1 saturated heterocycles. The smallest absolute Gasteiger partial charge is 0.393 e. The number of amides is 2. The number of hydrogen-bond acceptors (Lipinski definition) is 19. The number of hydrogen-bond donors (Lipinski definition) is 10. The predicted octanol–water partition coefficient (Wildman–Crippen LogP) is 4.34. The van der Waals surface area contributed by atoms with Gasteiger partial charge in [0.2, 0.25) is 11.8 Å². The number of thioether (sulfide) groups is 1. The summed E-state index contributed by atoms with van der Waals surface area (Å²) in [4.78, 5) is 88.5. The standard InChI is InChI=1S/C43H68N7O18P3S/c1-4-5-6-7-8-9-10-11-12-13-14-15-16-17-18-19-20-21-31(51)26-34(53)72-25-24-45-33(52)22-23-46-41(56)38(55)43(2,3)28-65-71(62,63)68-70(60,61)64-27-32-37(67-69(57,58)59)36(54)42(66-32)50-30-49-35-39(44)47-29-48-40(35)50/h5-6,8-9,11-12,14-15,17-18,29-32,36-38,42,51,54-55H,4,7,10,13,16,19-28H2,1-3H3,(H,45,52)(H,46,56)(H,60,61)(H,62,63)(H2,44,47,48)(H2,57,58,59).